The van der Waals surface area contributed by atoms with Gasteiger partial charge in [-0.25, -0.2) is 0 Å². The molecule has 1 aromatic heterocycles. The second-order valence-electron chi connectivity index (χ2n) is 3.52. The molecule has 2 N–H and O–H groups in total. The third-order valence-corrected chi connectivity index (χ3v) is 2.21. The Balaban J connectivity index is 2.42. The SMILES string of the molecule is CCCCCNc1ccc(C(=O)NC)nn1. The quantitative estimate of drug-likeness (QED) is 0.715. The van der Waals surface area contributed by atoms with Crippen molar-refractivity contribution in [3.05, 3.63) is 17.8 Å². The molecular weight excluding hydrogens is 204 g/mol. The predicted octanol–water partition coefficient (Wildman–Crippen LogP) is 1.44. The van der Waals surface area contributed by atoms with Crippen LogP contribution in [0.25, 0.3) is 0 Å². The standard InChI is InChI=1S/C11H18N4O/c1-3-4-5-8-13-10-7-6-9(14-15-10)11(16)12-2/h6-7H,3-5,8H2,1-2H3,(H,12,16)(H,13,15). The van der Waals surface area contributed by atoms with E-state index >= 15 is 0 Å². The lowest BCUT2D eigenvalue weighted by molar-refractivity contribution is 0.0957. The zero-order valence-electron chi connectivity index (χ0n) is 9.79. The van der Waals surface area contributed by atoms with Gasteiger partial charge in [0.05, 0.1) is 0 Å². The van der Waals surface area contributed by atoms with Crippen LogP contribution in [-0.4, -0.2) is 29.7 Å². The molecule has 0 atom stereocenters. The van der Waals surface area contributed by atoms with Crippen molar-refractivity contribution in [3.63, 3.8) is 0 Å². The first-order chi connectivity index (χ1) is 7.77. The molecule has 5 nitrogen and oxygen atoms in total. The van der Waals surface area contributed by atoms with E-state index in [9.17, 15) is 4.79 Å². The second kappa shape index (κ2) is 6.76. The number of amides is 1. The minimum Gasteiger partial charge on any atom is -0.369 e. The molecule has 0 unspecified atom stereocenters. The second-order valence-corrected chi connectivity index (χ2v) is 3.52. The smallest absolute Gasteiger partial charge is 0.271 e. The van der Waals surface area contributed by atoms with Gasteiger partial charge in [-0.05, 0) is 18.6 Å². The maximum absolute atomic E-state index is 11.2. The molecule has 1 amide bonds. The number of nitrogens with one attached hydrogen (secondary N) is 2. The molecule has 1 heterocycles. The molecule has 0 fully saturated rings. The Kier molecular flexibility index (Phi) is 5.25. The van der Waals surface area contributed by atoms with E-state index in [1.807, 2.05) is 0 Å². The Bertz CT molecular complexity index is 323. The van der Waals surface area contributed by atoms with Crippen LogP contribution in [0.3, 0.4) is 0 Å². The fraction of sp³-hybridized carbons (Fsp3) is 0.545. The molecule has 0 bridgehead atoms. The molecule has 0 radical (unpaired) electrons. The lowest BCUT2D eigenvalue weighted by atomic mass is 10.2. The van der Waals surface area contributed by atoms with Gasteiger partial charge >= 0.3 is 0 Å². The summed E-state index contributed by atoms with van der Waals surface area (Å²) < 4.78 is 0. The number of hydrogen-bond donors (Lipinski definition) is 2. The lowest BCUT2D eigenvalue weighted by Gasteiger charge is -2.04. The van der Waals surface area contributed by atoms with E-state index in [2.05, 4.69) is 27.8 Å². The van der Waals surface area contributed by atoms with Crippen molar-refractivity contribution in [1.29, 1.82) is 0 Å². The zero-order valence-corrected chi connectivity index (χ0v) is 9.79. The van der Waals surface area contributed by atoms with Crippen LogP contribution in [0.2, 0.25) is 0 Å². The lowest BCUT2D eigenvalue weighted by Crippen LogP contribution is -2.19. The third-order valence-electron chi connectivity index (χ3n) is 2.21. The Hall–Kier alpha value is -1.65. The molecule has 0 aliphatic heterocycles. The van der Waals surface area contributed by atoms with Gasteiger partial charge in [-0.15, -0.1) is 10.2 Å². The summed E-state index contributed by atoms with van der Waals surface area (Å²) in [5, 5.41) is 13.4. The van der Waals surface area contributed by atoms with E-state index < -0.39 is 0 Å². The molecule has 0 saturated carbocycles. The average Bonchev–Trinajstić information content (AvgIpc) is 2.34. The topological polar surface area (TPSA) is 66.9 Å². The Labute approximate surface area is 95.7 Å². The van der Waals surface area contributed by atoms with E-state index in [0.717, 1.165) is 13.0 Å². The molecule has 0 aliphatic rings. The molecule has 88 valence electrons. The molecule has 0 aromatic carbocycles. The summed E-state index contributed by atoms with van der Waals surface area (Å²) in [6.07, 6.45) is 3.52. The molecule has 1 rings (SSSR count). The minimum absolute atomic E-state index is 0.218. The first-order valence-corrected chi connectivity index (χ1v) is 5.57. The average molecular weight is 222 g/mol. The van der Waals surface area contributed by atoms with Crippen LogP contribution in [0, 0.1) is 0 Å². The van der Waals surface area contributed by atoms with Crippen molar-refractivity contribution in [2.24, 2.45) is 0 Å². The van der Waals surface area contributed by atoms with Gasteiger partial charge < -0.3 is 10.6 Å². The predicted molar refractivity (Wildman–Crippen MR) is 63.4 cm³/mol. The van der Waals surface area contributed by atoms with Gasteiger partial charge in [-0.1, -0.05) is 19.8 Å². The van der Waals surface area contributed by atoms with Crippen LogP contribution < -0.4 is 10.6 Å². The van der Waals surface area contributed by atoms with Crippen molar-refractivity contribution >= 4 is 11.7 Å². The van der Waals surface area contributed by atoms with Crippen LogP contribution in [0.1, 0.15) is 36.7 Å². The number of carbonyl (C=O) groups is 1. The summed E-state index contributed by atoms with van der Waals surface area (Å²) in [6, 6.07) is 3.43. The van der Waals surface area contributed by atoms with Crippen molar-refractivity contribution in [1.82, 2.24) is 15.5 Å². The highest BCUT2D eigenvalue weighted by atomic mass is 16.1. The third kappa shape index (κ3) is 3.84. The monoisotopic (exact) mass is 222 g/mol. The number of anilines is 1. The Morgan fingerprint density at radius 1 is 1.31 bits per heavy atom. The first-order valence-electron chi connectivity index (χ1n) is 5.57. The van der Waals surface area contributed by atoms with E-state index in [-0.39, 0.29) is 5.91 Å². The van der Waals surface area contributed by atoms with Crippen LogP contribution in [0.15, 0.2) is 12.1 Å². The van der Waals surface area contributed by atoms with Crippen LogP contribution in [-0.2, 0) is 0 Å². The fourth-order valence-electron chi connectivity index (χ4n) is 1.27. The molecule has 0 saturated heterocycles. The largest absolute Gasteiger partial charge is 0.369 e. The number of aromatic nitrogens is 2. The zero-order chi connectivity index (χ0) is 11.8. The molecule has 5 heteroatoms. The van der Waals surface area contributed by atoms with Crippen molar-refractivity contribution in [2.75, 3.05) is 18.9 Å². The Morgan fingerprint density at radius 3 is 2.69 bits per heavy atom. The number of rotatable bonds is 6. The van der Waals surface area contributed by atoms with E-state index in [0.29, 0.717) is 11.5 Å². The van der Waals surface area contributed by atoms with Gasteiger partial charge in [0.2, 0.25) is 0 Å². The van der Waals surface area contributed by atoms with Gasteiger partial charge in [0.25, 0.3) is 5.91 Å². The summed E-state index contributed by atoms with van der Waals surface area (Å²) in [6.45, 7) is 3.06. The van der Waals surface area contributed by atoms with Gasteiger partial charge in [-0.2, -0.15) is 0 Å². The maximum atomic E-state index is 11.2. The summed E-state index contributed by atoms with van der Waals surface area (Å²) >= 11 is 0. The highest BCUT2D eigenvalue weighted by Gasteiger charge is 2.04. The fourth-order valence-corrected chi connectivity index (χ4v) is 1.27. The number of carbonyl (C=O) groups excluding carboxylic acids is 1. The first kappa shape index (κ1) is 12.4. The number of unbranched alkanes of at least 4 members (excludes halogenated alkanes) is 2. The van der Waals surface area contributed by atoms with E-state index in [1.165, 1.54) is 12.8 Å². The maximum Gasteiger partial charge on any atom is 0.271 e. The van der Waals surface area contributed by atoms with Crippen LogP contribution in [0.4, 0.5) is 5.82 Å². The summed E-state index contributed by atoms with van der Waals surface area (Å²) in [4.78, 5) is 11.2. The minimum atomic E-state index is -0.218. The normalized spacial score (nSPS) is 9.88. The summed E-state index contributed by atoms with van der Waals surface area (Å²) in [5.74, 6) is 0.494. The number of hydrogen-bond acceptors (Lipinski definition) is 4. The van der Waals surface area contributed by atoms with Gasteiger partial charge in [-0.3, -0.25) is 4.79 Å². The van der Waals surface area contributed by atoms with Crippen molar-refractivity contribution < 1.29 is 4.79 Å². The van der Waals surface area contributed by atoms with E-state index in [4.69, 9.17) is 0 Å². The molecule has 0 aliphatic carbocycles. The molecule has 1 aromatic rings. The molecule has 16 heavy (non-hydrogen) atoms. The van der Waals surface area contributed by atoms with Crippen molar-refractivity contribution in [3.8, 4) is 0 Å². The highest BCUT2D eigenvalue weighted by molar-refractivity contribution is 5.91. The van der Waals surface area contributed by atoms with Gasteiger partial charge in [0.15, 0.2) is 5.69 Å². The van der Waals surface area contributed by atoms with Crippen LogP contribution >= 0.6 is 0 Å². The van der Waals surface area contributed by atoms with E-state index in [1.54, 1.807) is 19.2 Å². The summed E-state index contributed by atoms with van der Waals surface area (Å²) in [7, 11) is 1.57. The van der Waals surface area contributed by atoms with Crippen molar-refractivity contribution in [2.45, 2.75) is 26.2 Å². The molecular formula is C11H18N4O. The van der Waals surface area contributed by atoms with Gasteiger partial charge in [0, 0.05) is 13.6 Å². The van der Waals surface area contributed by atoms with Gasteiger partial charge in [0.1, 0.15) is 5.82 Å². The van der Waals surface area contributed by atoms with Crippen LogP contribution in [0.5, 0.6) is 0 Å². The molecule has 0 spiro atoms. The number of nitrogens with zero attached hydrogens (tertiary/aromatic N) is 2. The highest BCUT2D eigenvalue weighted by Crippen LogP contribution is 2.03. The Morgan fingerprint density at radius 2 is 2.12 bits per heavy atom. The summed E-state index contributed by atoms with van der Waals surface area (Å²) in [5.41, 5.74) is 0.335.